The molecule has 3 N–H and O–H groups in total. The average Bonchev–Trinajstić information content (AvgIpc) is 2.12. The Bertz CT molecular complexity index is 208. The van der Waals surface area contributed by atoms with Crippen molar-refractivity contribution in [2.75, 3.05) is 0 Å². The van der Waals surface area contributed by atoms with E-state index in [0.29, 0.717) is 6.42 Å². The van der Waals surface area contributed by atoms with E-state index in [1.54, 1.807) is 13.0 Å². The van der Waals surface area contributed by atoms with Crippen LogP contribution in [0.4, 0.5) is 0 Å². The molecule has 0 aliphatic carbocycles. The van der Waals surface area contributed by atoms with Gasteiger partial charge in [0.1, 0.15) is 0 Å². The Labute approximate surface area is 89.0 Å². The van der Waals surface area contributed by atoms with Gasteiger partial charge in [-0.2, -0.15) is 0 Å². The van der Waals surface area contributed by atoms with Gasteiger partial charge in [0.15, 0.2) is 0 Å². The first-order chi connectivity index (χ1) is 6.90. The van der Waals surface area contributed by atoms with Crippen molar-refractivity contribution >= 4 is 11.9 Å². The molecular formula is C10H18O5. The number of hydrogen-bond acceptors (Lipinski definition) is 3. The van der Waals surface area contributed by atoms with Crippen LogP contribution in [0.5, 0.6) is 0 Å². The van der Waals surface area contributed by atoms with Crippen LogP contribution in [0.1, 0.15) is 33.1 Å². The molecule has 0 aromatic carbocycles. The molecular weight excluding hydrogens is 200 g/mol. The van der Waals surface area contributed by atoms with Gasteiger partial charge in [0.25, 0.3) is 0 Å². The molecule has 0 amide bonds. The fraction of sp³-hybridized carbons (Fsp3) is 0.600. The predicted octanol–water partition coefficient (Wildman–Crippen LogP) is 1.27. The number of carboxylic acid groups (broad SMARTS) is 2. The summed E-state index contributed by atoms with van der Waals surface area (Å²) in [5.74, 6) is -1.73. The van der Waals surface area contributed by atoms with E-state index in [-0.39, 0.29) is 6.42 Å². The van der Waals surface area contributed by atoms with Crippen molar-refractivity contribution in [3.8, 4) is 0 Å². The third-order valence-corrected chi connectivity index (χ3v) is 1.27. The van der Waals surface area contributed by atoms with E-state index in [2.05, 4.69) is 0 Å². The summed E-state index contributed by atoms with van der Waals surface area (Å²) in [7, 11) is 0. The smallest absolute Gasteiger partial charge is 0.327 e. The molecule has 0 fully saturated rings. The third-order valence-electron chi connectivity index (χ3n) is 1.27. The van der Waals surface area contributed by atoms with Crippen LogP contribution in [0.15, 0.2) is 12.2 Å². The molecule has 88 valence electrons. The van der Waals surface area contributed by atoms with Crippen LogP contribution in [0.2, 0.25) is 0 Å². The van der Waals surface area contributed by atoms with Crippen molar-refractivity contribution in [1.29, 1.82) is 0 Å². The van der Waals surface area contributed by atoms with Gasteiger partial charge in [0, 0.05) is 12.5 Å². The molecule has 5 nitrogen and oxygen atoms in total. The zero-order valence-corrected chi connectivity index (χ0v) is 9.01. The normalized spacial score (nSPS) is 11.7. The summed E-state index contributed by atoms with van der Waals surface area (Å²) in [4.78, 5) is 19.5. The van der Waals surface area contributed by atoms with E-state index in [1.807, 2.05) is 6.92 Å². The summed E-state index contributed by atoms with van der Waals surface area (Å²) in [5.41, 5.74) is 0. The van der Waals surface area contributed by atoms with Crippen LogP contribution in [-0.2, 0) is 9.59 Å². The number of hydrogen-bond donors (Lipinski definition) is 3. The highest BCUT2D eigenvalue weighted by Gasteiger charge is 1.99. The van der Waals surface area contributed by atoms with E-state index < -0.39 is 18.0 Å². The number of aliphatic hydroxyl groups excluding tert-OH is 1. The SMILES string of the molecule is CC(O)CCC(=O)O.CCC=CC(=O)O. The molecule has 0 aliphatic heterocycles. The standard InChI is InChI=1S/C5H10O3.C5H8O2/c1-4(6)2-3-5(7)8;1-2-3-4-5(6)7/h4,6H,2-3H2,1H3,(H,7,8);3-4H,2H2,1H3,(H,6,7). The summed E-state index contributed by atoms with van der Waals surface area (Å²) >= 11 is 0. The Kier molecular flexibility index (Phi) is 11.5. The number of allylic oxidation sites excluding steroid dienone is 1. The maximum Gasteiger partial charge on any atom is 0.327 e. The maximum atomic E-state index is 9.79. The molecule has 0 bridgehead atoms. The van der Waals surface area contributed by atoms with Crippen molar-refractivity contribution in [1.82, 2.24) is 0 Å². The zero-order valence-electron chi connectivity index (χ0n) is 9.01. The molecule has 0 aromatic heterocycles. The number of aliphatic carboxylic acids is 2. The second-order valence-corrected chi connectivity index (χ2v) is 2.93. The molecule has 0 rings (SSSR count). The Morgan fingerprint density at radius 2 is 1.87 bits per heavy atom. The van der Waals surface area contributed by atoms with Gasteiger partial charge < -0.3 is 15.3 Å². The maximum absolute atomic E-state index is 9.79. The van der Waals surface area contributed by atoms with Crippen LogP contribution in [0.3, 0.4) is 0 Å². The van der Waals surface area contributed by atoms with Gasteiger partial charge in [-0.15, -0.1) is 0 Å². The Hall–Kier alpha value is -1.36. The molecule has 5 heteroatoms. The summed E-state index contributed by atoms with van der Waals surface area (Å²) < 4.78 is 0. The number of carboxylic acids is 2. The van der Waals surface area contributed by atoms with Gasteiger partial charge >= 0.3 is 11.9 Å². The highest BCUT2D eigenvalue weighted by molar-refractivity contribution is 5.79. The lowest BCUT2D eigenvalue weighted by atomic mass is 10.2. The molecule has 0 aromatic rings. The summed E-state index contributed by atoms with van der Waals surface area (Å²) in [5, 5.41) is 24.5. The van der Waals surface area contributed by atoms with E-state index in [0.717, 1.165) is 12.5 Å². The second-order valence-electron chi connectivity index (χ2n) is 2.93. The fourth-order valence-electron chi connectivity index (χ4n) is 0.551. The van der Waals surface area contributed by atoms with Gasteiger partial charge in [-0.25, -0.2) is 4.79 Å². The summed E-state index contributed by atoms with van der Waals surface area (Å²) in [6.45, 7) is 3.46. The molecule has 0 radical (unpaired) electrons. The number of aliphatic hydroxyl groups is 1. The fourth-order valence-corrected chi connectivity index (χ4v) is 0.551. The first kappa shape index (κ1) is 16.1. The highest BCUT2D eigenvalue weighted by atomic mass is 16.4. The minimum absolute atomic E-state index is 0.0532. The van der Waals surface area contributed by atoms with Gasteiger partial charge in [-0.3, -0.25) is 4.79 Å². The lowest BCUT2D eigenvalue weighted by Gasteiger charge is -1.97. The largest absolute Gasteiger partial charge is 0.481 e. The molecule has 0 saturated carbocycles. The number of rotatable bonds is 5. The van der Waals surface area contributed by atoms with Crippen molar-refractivity contribution in [3.63, 3.8) is 0 Å². The van der Waals surface area contributed by atoms with Crippen molar-refractivity contribution in [2.45, 2.75) is 39.2 Å². The molecule has 0 aliphatic rings. The first-order valence-electron chi connectivity index (χ1n) is 4.69. The average molecular weight is 218 g/mol. The van der Waals surface area contributed by atoms with Gasteiger partial charge in [-0.05, 0) is 19.8 Å². The van der Waals surface area contributed by atoms with Gasteiger partial charge in [0.05, 0.1) is 6.10 Å². The molecule has 1 atom stereocenters. The van der Waals surface area contributed by atoms with E-state index in [4.69, 9.17) is 15.3 Å². The zero-order chi connectivity index (χ0) is 12.3. The second kappa shape index (κ2) is 10.7. The third kappa shape index (κ3) is 24.5. The van der Waals surface area contributed by atoms with E-state index >= 15 is 0 Å². The monoisotopic (exact) mass is 218 g/mol. The van der Waals surface area contributed by atoms with Crippen molar-refractivity contribution < 1.29 is 24.9 Å². The Balaban J connectivity index is 0. The van der Waals surface area contributed by atoms with Gasteiger partial charge in [0.2, 0.25) is 0 Å². The Morgan fingerprint density at radius 1 is 1.33 bits per heavy atom. The first-order valence-corrected chi connectivity index (χ1v) is 4.69. The summed E-state index contributed by atoms with van der Waals surface area (Å²) in [6.07, 6.45) is 3.42. The summed E-state index contributed by atoms with van der Waals surface area (Å²) in [6, 6.07) is 0. The molecule has 0 saturated heterocycles. The quantitative estimate of drug-likeness (QED) is 0.604. The van der Waals surface area contributed by atoms with E-state index in [1.165, 1.54) is 0 Å². The van der Waals surface area contributed by atoms with Gasteiger partial charge in [-0.1, -0.05) is 13.0 Å². The van der Waals surface area contributed by atoms with Crippen molar-refractivity contribution in [3.05, 3.63) is 12.2 Å². The minimum atomic E-state index is -0.873. The topological polar surface area (TPSA) is 94.8 Å². The molecule has 0 heterocycles. The van der Waals surface area contributed by atoms with Crippen molar-refractivity contribution in [2.24, 2.45) is 0 Å². The van der Waals surface area contributed by atoms with Crippen LogP contribution in [0, 0.1) is 0 Å². The molecule has 1 unspecified atom stereocenters. The van der Waals surface area contributed by atoms with Crippen LogP contribution in [-0.4, -0.2) is 33.4 Å². The van der Waals surface area contributed by atoms with E-state index in [9.17, 15) is 9.59 Å². The van der Waals surface area contributed by atoms with Crippen LogP contribution < -0.4 is 0 Å². The Morgan fingerprint density at radius 3 is 2.00 bits per heavy atom. The predicted molar refractivity (Wildman–Crippen MR) is 55.6 cm³/mol. The van der Waals surface area contributed by atoms with Crippen LogP contribution in [0.25, 0.3) is 0 Å². The lowest BCUT2D eigenvalue weighted by molar-refractivity contribution is -0.137. The minimum Gasteiger partial charge on any atom is -0.481 e. The van der Waals surface area contributed by atoms with Crippen LogP contribution >= 0.6 is 0 Å². The number of carbonyl (C=O) groups is 2. The lowest BCUT2D eigenvalue weighted by Crippen LogP contribution is -2.03. The molecule has 15 heavy (non-hydrogen) atoms. The molecule has 0 spiro atoms. The highest BCUT2D eigenvalue weighted by Crippen LogP contribution is 1.93.